The molecule has 0 spiro atoms. The lowest BCUT2D eigenvalue weighted by Crippen LogP contribution is -2.42. The van der Waals surface area contributed by atoms with Crippen molar-refractivity contribution in [3.63, 3.8) is 0 Å². The highest BCUT2D eigenvalue weighted by Gasteiger charge is 2.38. The molecule has 1 unspecified atom stereocenters. The molecule has 5 rings (SSSR count). The van der Waals surface area contributed by atoms with Gasteiger partial charge in [0.2, 0.25) is 11.7 Å². The molecule has 9 nitrogen and oxygen atoms in total. The zero-order valence-corrected chi connectivity index (χ0v) is 27.1. The molecule has 1 amide bonds. The van der Waals surface area contributed by atoms with E-state index < -0.39 is 0 Å². The number of hydrogen-bond acceptors (Lipinski definition) is 8. The fraction of sp³-hybridized carbons (Fsp3) is 0.441. The molecule has 2 aliphatic rings. The Balaban J connectivity index is 1.58. The zero-order valence-electron chi connectivity index (χ0n) is 26.3. The Morgan fingerprint density at radius 3 is 2.73 bits per heavy atom. The Morgan fingerprint density at radius 1 is 1.25 bits per heavy atom. The first-order valence-corrected chi connectivity index (χ1v) is 15.7. The molecule has 3 heterocycles. The molecule has 2 aliphatic heterocycles. The van der Waals surface area contributed by atoms with Crippen LogP contribution >= 0.6 is 11.6 Å². The maximum absolute atomic E-state index is 12.0. The fourth-order valence-corrected chi connectivity index (χ4v) is 6.45. The number of likely N-dealkylation sites (N-methyl/N-ethyl adjacent to an activating group) is 2. The van der Waals surface area contributed by atoms with E-state index in [4.69, 9.17) is 31.0 Å². The minimum absolute atomic E-state index is 0.166. The van der Waals surface area contributed by atoms with Gasteiger partial charge in [-0.2, -0.15) is 9.97 Å². The van der Waals surface area contributed by atoms with E-state index in [2.05, 4.69) is 77.8 Å². The van der Waals surface area contributed by atoms with Crippen molar-refractivity contribution >= 4 is 39.9 Å². The number of fused-ring (bicyclic) bond motifs is 2. The Kier molecular flexibility index (Phi) is 9.96. The van der Waals surface area contributed by atoms with Crippen LogP contribution in [-0.4, -0.2) is 79.8 Å². The van der Waals surface area contributed by atoms with Crippen LogP contribution in [0.4, 0.5) is 11.6 Å². The summed E-state index contributed by atoms with van der Waals surface area (Å²) in [6.45, 7) is 12.8. The number of hydrogen-bond donors (Lipinski definition) is 1. The molecule has 234 valence electrons. The van der Waals surface area contributed by atoms with Crippen LogP contribution in [0, 0.1) is 0 Å². The molecule has 3 atom stereocenters. The third-order valence-electron chi connectivity index (χ3n) is 8.69. The number of ether oxygens (including phenoxy) is 2. The van der Waals surface area contributed by atoms with E-state index >= 15 is 0 Å². The number of carbonyl (C=O) groups excluding carboxylic acids is 1. The van der Waals surface area contributed by atoms with E-state index in [0.29, 0.717) is 60.7 Å². The fourth-order valence-electron chi connectivity index (χ4n) is 6.16. The third-order valence-corrected chi connectivity index (χ3v) is 9.00. The van der Waals surface area contributed by atoms with Crippen LogP contribution in [0.25, 0.3) is 10.8 Å². The van der Waals surface area contributed by atoms with E-state index in [1.807, 2.05) is 26.1 Å². The van der Waals surface area contributed by atoms with Crippen LogP contribution in [0.5, 0.6) is 11.8 Å². The SMILES string of the molecule is C=CC(=O)NCCN(C/C(C)=C\C)c1nc(OC[C@@H]2CCCN2C)nc2c1O[C@@H](C)C(c1cccc3cccc(Cl)c13)N2C. The highest BCUT2D eigenvalue weighted by atomic mass is 35.5. The third kappa shape index (κ3) is 6.64. The van der Waals surface area contributed by atoms with Crippen LogP contribution in [-0.2, 0) is 4.79 Å². The van der Waals surface area contributed by atoms with Gasteiger partial charge in [0.15, 0.2) is 11.6 Å². The number of rotatable bonds is 11. The van der Waals surface area contributed by atoms with Gasteiger partial charge >= 0.3 is 6.01 Å². The Labute approximate surface area is 265 Å². The normalized spacial score (nSPS) is 20.3. The molecule has 0 bridgehead atoms. The molecular weight excluding hydrogens is 576 g/mol. The quantitative estimate of drug-likeness (QED) is 0.214. The summed E-state index contributed by atoms with van der Waals surface area (Å²) in [5, 5.41) is 5.67. The van der Waals surface area contributed by atoms with Gasteiger partial charge in [-0.15, -0.1) is 0 Å². The Bertz CT molecular complexity index is 1540. The highest BCUT2D eigenvalue weighted by molar-refractivity contribution is 6.35. The second kappa shape index (κ2) is 13.9. The first kappa shape index (κ1) is 31.6. The minimum atomic E-state index is -0.249. The summed E-state index contributed by atoms with van der Waals surface area (Å²) < 4.78 is 13.1. The summed E-state index contributed by atoms with van der Waals surface area (Å²) in [5.74, 6) is 1.65. The van der Waals surface area contributed by atoms with Gasteiger partial charge in [0.05, 0.1) is 6.04 Å². The van der Waals surface area contributed by atoms with Crippen molar-refractivity contribution in [3.8, 4) is 11.8 Å². The molecule has 1 fully saturated rings. The van der Waals surface area contributed by atoms with Crippen molar-refractivity contribution in [1.29, 1.82) is 0 Å². The summed E-state index contributed by atoms with van der Waals surface area (Å²) in [4.78, 5) is 28.4. The molecule has 0 radical (unpaired) electrons. The standard InChI is InChI=1S/C34H43ClN6O3/c1-7-22(3)20-41(19-17-36-28(42)8-2)33-31-32(37-34(38-33)43-21-25-14-11-18-39(25)5)40(6)30(23(4)44-31)26-15-9-12-24-13-10-16-27(35)29(24)26/h7-10,12-13,15-16,23,25,30H,2,11,14,17-21H2,1,3-6H3,(H,36,42)/b22-7-/t23-,25-,30?/m0/s1. The molecule has 2 aromatic carbocycles. The maximum Gasteiger partial charge on any atom is 0.320 e. The minimum Gasteiger partial charge on any atom is -0.481 e. The maximum atomic E-state index is 12.0. The first-order valence-electron chi connectivity index (χ1n) is 15.3. The van der Waals surface area contributed by atoms with Gasteiger partial charge in [-0.1, -0.05) is 60.2 Å². The largest absolute Gasteiger partial charge is 0.481 e. The Morgan fingerprint density at radius 2 is 2.02 bits per heavy atom. The number of carbonyl (C=O) groups is 1. The molecule has 3 aromatic rings. The number of aromatic nitrogens is 2. The average Bonchev–Trinajstić information content (AvgIpc) is 3.43. The number of allylic oxidation sites excluding steroid dienone is 1. The van der Waals surface area contributed by atoms with Crippen molar-refractivity contribution in [2.24, 2.45) is 0 Å². The molecule has 0 aliphatic carbocycles. The second-order valence-electron chi connectivity index (χ2n) is 11.7. The van der Waals surface area contributed by atoms with Crippen molar-refractivity contribution in [2.45, 2.75) is 51.8 Å². The highest BCUT2D eigenvalue weighted by Crippen LogP contribution is 2.47. The van der Waals surface area contributed by atoms with Crippen molar-refractivity contribution in [3.05, 3.63) is 71.3 Å². The molecule has 44 heavy (non-hydrogen) atoms. The molecule has 1 aromatic heterocycles. The number of amides is 1. The lowest BCUT2D eigenvalue weighted by molar-refractivity contribution is -0.116. The molecule has 1 saturated heterocycles. The number of benzene rings is 2. The summed E-state index contributed by atoms with van der Waals surface area (Å²) in [6, 6.07) is 12.7. The van der Waals surface area contributed by atoms with Gasteiger partial charge in [-0.25, -0.2) is 0 Å². The van der Waals surface area contributed by atoms with E-state index in [0.717, 1.165) is 41.3 Å². The number of anilines is 2. The Hall–Kier alpha value is -3.82. The molecule has 10 heteroatoms. The van der Waals surface area contributed by atoms with Gasteiger partial charge in [0, 0.05) is 43.1 Å². The van der Waals surface area contributed by atoms with Crippen LogP contribution in [0.2, 0.25) is 5.02 Å². The molecular formula is C34H43ClN6O3. The van der Waals surface area contributed by atoms with Crippen molar-refractivity contribution in [1.82, 2.24) is 20.2 Å². The first-order chi connectivity index (χ1) is 21.2. The van der Waals surface area contributed by atoms with Gasteiger partial charge < -0.3 is 29.5 Å². The molecule has 1 N–H and O–H groups in total. The molecule has 0 saturated carbocycles. The van der Waals surface area contributed by atoms with Crippen LogP contribution in [0.1, 0.15) is 45.2 Å². The van der Waals surface area contributed by atoms with Crippen molar-refractivity contribution in [2.75, 3.05) is 56.7 Å². The average molecular weight is 619 g/mol. The number of nitrogens with zero attached hydrogens (tertiary/aromatic N) is 5. The summed E-state index contributed by atoms with van der Waals surface area (Å²) in [7, 11) is 4.16. The lowest BCUT2D eigenvalue weighted by atomic mass is 9.93. The van der Waals surface area contributed by atoms with Crippen LogP contribution < -0.4 is 24.6 Å². The van der Waals surface area contributed by atoms with Gasteiger partial charge in [-0.3, -0.25) is 4.79 Å². The van der Waals surface area contributed by atoms with E-state index in [9.17, 15) is 4.79 Å². The smallest absolute Gasteiger partial charge is 0.320 e. The monoisotopic (exact) mass is 618 g/mol. The predicted molar refractivity (Wildman–Crippen MR) is 178 cm³/mol. The number of likely N-dealkylation sites (tertiary alicyclic amines) is 1. The topological polar surface area (TPSA) is 83.1 Å². The zero-order chi connectivity index (χ0) is 31.4. The van der Waals surface area contributed by atoms with Gasteiger partial charge in [-0.05, 0) is 70.3 Å². The van der Waals surface area contributed by atoms with Gasteiger partial charge in [0.1, 0.15) is 12.7 Å². The van der Waals surface area contributed by atoms with Crippen molar-refractivity contribution < 1.29 is 14.3 Å². The van der Waals surface area contributed by atoms with E-state index in [-0.39, 0.29) is 18.1 Å². The second-order valence-corrected chi connectivity index (χ2v) is 12.1. The summed E-state index contributed by atoms with van der Waals surface area (Å²) in [5.41, 5.74) is 2.22. The van der Waals surface area contributed by atoms with Crippen LogP contribution in [0.15, 0.2) is 60.7 Å². The number of nitrogens with one attached hydrogen (secondary N) is 1. The van der Waals surface area contributed by atoms with Gasteiger partial charge in [0.25, 0.3) is 0 Å². The summed E-state index contributed by atoms with van der Waals surface area (Å²) >= 11 is 6.77. The van der Waals surface area contributed by atoms with Crippen LogP contribution in [0.3, 0.4) is 0 Å². The lowest BCUT2D eigenvalue weighted by Gasteiger charge is -2.41. The summed E-state index contributed by atoms with van der Waals surface area (Å²) in [6.07, 6.45) is 5.33. The van der Waals surface area contributed by atoms with E-state index in [1.54, 1.807) is 0 Å². The van der Waals surface area contributed by atoms with E-state index in [1.165, 1.54) is 6.08 Å². The number of halogens is 1. The predicted octanol–water partition coefficient (Wildman–Crippen LogP) is 5.79.